The van der Waals surface area contributed by atoms with Gasteiger partial charge in [-0.05, 0) is 62.1 Å². The third-order valence-corrected chi connectivity index (χ3v) is 7.01. The number of fused-ring (bicyclic) bond motifs is 1. The summed E-state index contributed by atoms with van der Waals surface area (Å²) in [6, 6.07) is 23.2. The van der Waals surface area contributed by atoms with Crippen molar-refractivity contribution in [2.75, 3.05) is 25.5 Å². The van der Waals surface area contributed by atoms with Crippen LogP contribution in [-0.2, 0) is 24.2 Å². The fraction of sp³-hybridized carbons (Fsp3) is 0.312. The van der Waals surface area contributed by atoms with Crippen molar-refractivity contribution >= 4 is 28.5 Å². The van der Waals surface area contributed by atoms with Gasteiger partial charge in [-0.1, -0.05) is 55.5 Å². The summed E-state index contributed by atoms with van der Waals surface area (Å²) in [6.45, 7) is 6.78. The van der Waals surface area contributed by atoms with Crippen molar-refractivity contribution in [3.63, 3.8) is 0 Å². The van der Waals surface area contributed by atoms with Gasteiger partial charge < -0.3 is 24.8 Å². The molecule has 0 atom stereocenters. The first-order valence-corrected chi connectivity index (χ1v) is 13.5. The van der Waals surface area contributed by atoms with Crippen molar-refractivity contribution < 1.29 is 14.3 Å². The van der Waals surface area contributed by atoms with Gasteiger partial charge in [0.2, 0.25) is 5.91 Å². The highest BCUT2D eigenvalue weighted by Gasteiger charge is 2.25. The maximum absolute atomic E-state index is 13.8. The van der Waals surface area contributed by atoms with Gasteiger partial charge in [0.1, 0.15) is 12.3 Å². The first-order valence-electron chi connectivity index (χ1n) is 13.5. The second-order valence-electron chi connectivity index (χ2n) is 9.94. The Bertz CT molecular complexity index is 1410. The molecule has 3 aromatic carbocycles. The van der Waals surface area contributed by atoms with Crippen LogP contribution in [0, 0.1) is 0 Å². The number of benzene rings is 3. The number of hydrogen-bond acceptors (Lipinski definition) is 3. The van der Waals surface area contributed by atoms with Crippen LogP contribution < -0.4 is 10.1 Å². The van der Waals surface area contributed by atoms with Crippen LogP contribution in [0.1, 0.15) is 37.5 Å². The summed E-state index contributed by atoms with van der Waals surface area (Å²) in [6.07, 6.45) is 3.57. The fourth-order valence-corrected chi connectivity index (χ4v) is 4.72. The molecule has 204 valence electrons. The Labute approximate surface area is 230 Å². The number of amides is 3. The van der Waals surface area contributed by atoms with Crippen LogP contribution in [0.2, 0.25) is 0 Å². The second kappa shape index (κ2) is 13.0. The van der Waals surface area contributed by atoms with E-state index < -0.39 is 0 Å². The number of nitrogens with one attached hydrogen (secondary N) is 2. The first-order chi connectivity index (χ1) is 18.9. The van der Waals surface area contributed by atoms with E-state index in [0.29, 0.717) is 19.5 Å². The van der Waals surface area contributed by atoms with E-state index in [2.05, 4.69) is 23.3 Å². The summed E-state index contributed by atoms with van der Waals surface area (Å²) in [4.78, 5) is 33.8. The Kier molecular flexibility index (Phi) is 9.26. The SMILES string of the molecule is CCc1cccc(NC(=O)N(CC(=O)N(CCc2c[nH]c3ccccc23)Cc2ccccc2OC)C(C)C)c1. The molecule has 39 heavy (non-hydrogen) atoms. The van der Waals surface area contributed by atoms with Crippen LogP contribution in [0.3, 0.4) is 0 Å². The number of carbonyl (C=O) groups excluding carboxylic acids is 2. The quantitative estimate of drug-likeness (QED) is 0.242. The topological polar surface area (TPSA) is 77.7 Å². The maximum atomic E-state index is 13.8. The largest absolute Gasteiger partial charge is 0.496 e. The highest BCUT2D eigenvalue weighted by atomic mass is 16.5. The summed E-state index contributed by atoms with van der Waals surface area (Å²) < 4.78 is 5.56. The van der Waals surface area contributed by atoms with E-state index in [1.54, 1.807) is 12.0 Å². The van der Waals surface area contributed by atoms with Gasteiger partial charge >= 0.3 is 6.03 Å². The number of aryl methyl sites for hydroxylation is 1. The molecule has 1 aromatic heterocycles. The van der Waals surface area contributed by atoms with E-state index in [9.17, 15) is 9.59 Å². The lowest BCUT2D eigenvalue weighted by molar-refractivity contribution is -0.132. The van der Waals surface area contributed by atoms with Gasteiger partial charge in [-0.25, -0.2) is 4.79 Å². The number of rotatable bonds is 11. The first kappa shape index (κ1) is 27.8. The van der Waals surface area contributed by atoms with Gasteiger partial charge in [0.05, 0.1) is 7.11 Å². The van der Waals surface area contributed by atoms with Gasteiger partial charge in [0, 0.05) is 47.5 Å². The smallest absolute Gasteiger partial charge is 0.322 e. The van der Waals surface area contributed by atoms with Crippen molar-refractivity contribution in [3.8, 4) is 5.75 Å². The second-order valence-corrected chi connectivity index (χ2v) is 9.94. The fourth-order valence-electron chi connectivity index (χ4n) is 4.72. The molecule has 0 saturated heterocycles. The Morgan fingerprint density at radius 1 is 0.974 bits per heavy atom. The lowest BCUT2D eigenvalue weighted by atomic mass is 10.1. The van der Waals surface area contributed by atoms with E-state index in [4.69, 9.17) is 4.74 Å². The minimum absolute atomic E-state index is 0.0278. The minimum atomic E-state index is -0.291. The molecular formula is C32H38N4O3. The molecule has 0 fully saturated rings. The average molecular weight is 527 g/mol. The number of H-pyrrole nitrogens is 1. The van der Waals surface area contributed by atoms with Crippen LogP contribution in [0.15, 0.2) is 79.0 Å². The minimum Gasteiger partial charge on any atom is -0.496 e. The number of para-hydroxylation sites is 2. The number of aromatic nitrogens is 1. The third-order valence-electron chi connectivity index (χ3n) is 7.01. The average Bonchev–Trinajstić information content (AvgIpc) is 3.36. The Hall–Kier alpha value is -4.26. The molecule has 0 radical (unpaired) electrons. The molecule has 0 spiro atoms. The number of ether oxygens (including phenoxy) is 1. The molecule has 0 bridgehead atoms. The van der Waals surface area contributed by atoms with E-state index in [1.807, 2.05) is 91.7 Å². The lowest BCUT2D eigenvalue weighted by Gasteiger charge is -2.30. The normalized spacial score (nSPS) is 11.0. The van der Waals surface area contributed by atoms with Crippen LogP contribution in [0.5, 0.6) is 5.75 Å². The third kappa shape index (κ3) is 6.99. The van der Waals surface area contributed by atoms with Gasteiger partial charge in [-0.15, -0.1) is 0 Å². The summed E-state index contributed by atoms with van der Waals surface area (Å²) in [7, 11) is 1.63. The zero-order valence-electron chi connectivity index (χ0n) is 23.2. The predicted octanol–water partition coefficient (Wildman–Crippen LogP) is 6.25. The molecule has 3 amide bonds. The molecule has 1 heterocycles. The molecule has 0 saturated carbocycles. The molecular weight excluding hydrogens is 488 g/mol. The van der Waals surface area contributed by atoms with Gasteiger partial charge in [0.15, 0.2) is 0 Å². The Balaban J connectivity index is 1.53. The van der Waals surface area contributed by atoms with E-state index in [0.717, 1.165) is 45.5 Å². The van der Waals surface area contributed by atoms with E-state index in [-0.39, 0.29) is 24.5 Å². The highest BCUT2D eigenvalue weighted by Crippen LogP contribution is 2.22. The van der Waals surface area contributed by atoms with Crippen molar-refractivity contribution in [2.45, 2.75) is 46.2 Å². The Morgan fingerprint density at radius 3 is 2.51 bits per heavy atom. The highest BCUT2D eigenvalue weighted by molar-refractivity contribution is 5.92. The number of nitrogens with zero attached hydrogens (tertiary/aromatic N) is 2. The molecule has 0 aliphatic carbocycles. The van der Waals surface area contributed by atoms with Crippen molar-refractivity contribution in [1.29, 1.82) is 0 Å². The number of anilines is 1. The zero-order chi connectivity index (χ0) is 27.8. The number of urea groups is 1. The maximum Gasteiger partial charge on any atom is 0.322 e. The van der Waals surface area contributed by atoms with Crippen LogP contribution in [0.25, 0.3) is 10.9 Å². The number of methoxy groups -OCH3 is 1. The molecule has 0 unspecified atom stereocenters. The van der Waals surface area contributed by atoms with Crippen LogP contribution in [-0.4, -0.2) is 53.0 Å². The standard InChI is InChI=1S/C32H38N4O3/c1-5-24-11-10-13-27(19-24)34-32(38)36(23(2)3)22-31(37)35(21-26-12-6-9-16-30(26)39-4)18-17-25-20-33-29-15-8-7-14-28(25)29/h6-16,19-20,23,33H,5,17-18,21-22H2,1-4H3,(H,34,38). The Morgan fingerprint density at radius 2 is 1.74 bits per heavy atom. The molecule has 7 nitrogen and oxygen atoms in total. The van der Waals surface area contributed by atoms with Crippen LogP contribution >= 0.6 is 0 Å². The molecule has 0 aliphatic rings. The number of hydrogen-bond donors (Lipinski definition) is 2. The summed E-state index contributed by atoms with van der Waals surface area (Å²) in [5, 5.41) is 4.13. The number of aromatic amines is 1. The molecule has 4 aromatic rings. The van der Waals surface area contributed by atoms with Crippen molar-refractivity contribution in [1.82, 2.24) is 14.8 Å². The monoisotopic (exact) mass is 526 g/mol. The number of carbonyl (C=O) groups is 2. The van der Waals surface area contributed by atoms with Crippen molar-refractivity contribution in [3.05, 3.63) is 95.7 Å². The summed E-state index contributed by atoms with van der Waals surface area (Å²) in [5.41, 5.74) is 5.01. The lowest BCUT2D eigenvalue weighted by Crippen LogP contribution is -2.47. The molecule has 0 aliphatic heterocycles. The van der Waals surface area contributed by atoms with E-state index in [1.165, 1.54) is 0 Å². The zero-order valence-corrected chi connectivity index (χ0v) is 23.2. The molecule has 2 N–H and O–H groups in total. The van der Waals surface area contributed by atoms with Crippen molar-refractivity contribution in [2.24, 2.45) is 0 Å². The predicted molar refractivity (Wildman–Crippen MR) is 157 cm³/mol. The van der Waals surface area contributed by atoms with E-state index >= 15 is 0 Å². The molecule has 4 rings (SSSR count). The summed E-state index contributed by atoms with van der Waals surface area (Å²) in [5.74, 6) is 0.614. The van der Waals surface area contributed by atoms with Gasteiger partial charge in [-0.2, -0.15) is 0 Å². The van der Waals surface area contributed by atoms with Gasteiger partial charge in [-0.3, -0.25) is 4.79 Å². The summed E-state index contributed by atoms with van der Waals surface area (Å²) >= 11 is 0. The van der Waals surface area contributed by atoms with Gasteiger partial charge in [0.25, 0.3) is 0 Å². The molecule has 7 heteroatoms. The van der Waals surface area contributed by atoms with Crippen LogP contribution in [0.4, 0.5) is 10.5 Å².